The van der Waals surface area contributed by atoms with E-state index in [4.69, 9.17) is 13.9 Å². The van der Waals surface area contributed by atoms with Crippen molar-refractivity contribution in [2.45, 2.75) is 43.5 Å². The number of nitrogens with zero attached hydrogens (tertiary/aromatic N) is 2. The van der Waals surface area contributed by atoms with Gasteiger partial charge in [-0.05, 0) is 44.7 Å². The molecule has 0 saturated heterocycles. The molecule has 2 heterocycles. The van der Waals surface area contributed by atoms with Gasteiger partial charge in [-0.25, -0.2) is 9.97 Å². The zero-order valence-electron chi connectivity index (χ0n) is 16.7. The molecule has 0 amide bonds. The standard InChI is InChI=1S/C21H23N3O4S/c1-12-17(11-29-21-23-16-7-5-4-6-14(16)19(25)24-21)22-20(28-12)15-9-8-13(26-2)10-18(15)27-3/h8-10H,4-7,11H2,1-3H3,(H,23,24,25). The van der Waals surface area contributed by atoms with E-state index >= 15 is 0 Å². The Morgan fingerprint density at radius 1 is 1.17 bits per heavy atom. The van der Waals surface area contributed by atoms with Crippen molar-refractivity contribution in [1.29, 1.82) is 0 Å². The van der Waals surface area contributed by atoms with Gasteiger partial charge in [0, 0.05) is 17.4 Å². The molecule has 1 aromatic carbocycles. The number of ether oxygens (including phenoxy) is 2. The molecule has 4 rings (SSSR count). The van der Waals surface area contributed by atoms with Crippen LogP contribution in [0.4, 0.5) is 0 Å². The number of fused-ring (bicyclic) bond motifs is 1. The van der Waals surface area contributed by atoms with Crippen LogP contribution in [0.5, 0.6) is 11.5 Å². The number of oxazole rings is 1. The summed E-state index contributed by atoms with van der Waals surface area (Å²) in [7, 11) is 3.21. The monoisotopic (exact) mass is 413 g/mol. The van der Waals surface area contributed by atoms with Crippen LogP contribution in [0.2, 0.25) is 0 Å². The lowest BCUT2D eigenvalue weighted by atomic mass is 9.97. The molecule has 29 heavy (non-hydrogen) atoms. The van der Waals surface area contributed by atoms with Gasteiger partial charge in [-0.3, -0.25) is 4.79 Å². The van der Waals surface area contributed by atoms with Crippen molar-refractivity contribution in [3.05, 3.63) is 51.3 Å². The first-order chi connectivity index (χ1) is 14.1. The maximum atomic E-state index is 12.3. The highest BCUT2D eigenvalue weighted by molar-refractivity contribution is 7.98. The van der Waals surface area contributed by atoms with Crippen LogP contribution in [0.1, 0.15) is 35.6 Å². The SMILES string of the molecule is COc1ccc(-c2nc(CSc3nc4c(c(=O)[nH]3)CCCC4)c(C)o2)c(OC)c1. The van der Waals surface area contributed by atoms with E-state index in [-0.39, 0.29) is 5.56 Å². The van der Waals surface area contributed by atoms with Gasteiger partial charge < -0.3 is 18.9 Å². The molecule has 152 valence electrons. The van der Waals surface area contributed by atoms with Gasteiger partial charge in [-0.15, -0.1) is 0 Å². The van der Waals surface area contributed by atoms with Crippen molar-refractivity contribution < 1.29 is 13.9 Å². The van der Waals surface area contributed by atoms with Crippen LogP contribution in [0.15, 0.2) is 32.6 Å². The summed E-state index contributed by atoms with van der Waals surface area (Å²) in [6, 6.07) is 5.50. The summed E-state index contributed by atoms with van der Waals surface area (Å²) in [5.74, 6) is 3.10. The Morgan fingerprint density at radius 2 is 2.00 bits per heavy atom. The maximum absolute atomic E-state index is 12.3. The zero-order chi connectivity index (χ0) is 20.4. The fourth-order valence-electron chi connectivity index (χ4n) is 3.44. The van der Waals surface area contributed by atoms with E-state index < -0.39 is 0 Å². The minimum absolute atomic E-state index is 0.0160. The number of hydrogen-bond acceptors (Lipinski definition) is 7. The molecule has 0 fully saturated rings. The topological polar surface area (TPSA) is 90.2 Å². The summed E-state index contributed by atoms with van der Waals surface area (Å²) in [5, 5.41) is 0.627. The summed E-state index contributed by atoms with van der Waals surface area (Å²) in [6.07, 6.45) is 3.83. The van der Waals surface area contributed by atoms with Crippen LogP contribution < -0.4 is 15.0 Å². The number of aromatic amines is 1. The summed E-state index contributed by atoms with van der Waals surface area (Å²) < 4.78 is 16.6. The summed E-state index contributed by atoms with van der Waals surface area (Å²) in [6.45, 7) is 1.88. The minimum Gasteiger partial charge on any atom is -0.497 e. The number of thioether (sulfide) groups is 1. The molecule has 2 aromatic heterocycles. The second-order valence-electron chi connectivity index (χ2n) is 6.88. The molecule has 8 heteroatoms. The normalized spacial score (nSPS) is 13.2. The smallest absolute Gasteiger partial charge is 0.254 e. The van der Waals surface area contributed by atoms with Gasteiger partial charge in [0.2, 0.25) is 5.89 Å². The van der Waals surface area contributed by atoms with Crippen molar-refractivity contribution >= 4 is 11.8 Å². The fraction of sp³-hybridized carbons (Fsp3) is 0.381. The van der Waals surface area contributed by atoms with E-state index in [0.29, 0.717) is 28.3 Å². The number of methoxy groups -OCH3 is 2. The third-order valence-electron chi connectivity index (χ3n) is 5.05. The average molecular weight is 413 g/mol. The Hall–Kier alpha value is -2.74. The minimum atomic E-state index is -0.0160. The van der Waals surface area contributed by atoms with Crippen molar-refractivity contribution in [3.8, 4) is 23.0 Å². The van der Waals surface area contributed by atoms with Crippen LogP contribution in [0.3, 0.4) is 0 Å². The van der Waals surface area contributed by atoms with Crippen molar-refractivity contribution in [2.24, 2.45) is 0 Å². The predicted octanol–water partition coefficient (Wildman–Crippen LogP) is 3.92. The molecule has 7 nitrogen and oxygen atoms in total. The molecular weight excluding hydrogens is 390 g/mol. The second-order valence-corrected chi connectivity index (χ2v) is 7.84. The largest absolute Gasteiger partial charge is 0.497 e. The van der Waals surface area contributed by atoms with Gasteiger partial charge in [-0.2, -0.15) is 0 Å². The van der Waals surface area contributed by atoms with Gasteiger partial charge in [0.1, 0.15) is 17.3 Å². The summed E-state index contributed by atoms with van der Waals surface area (Å²) >= 11 is 1.46. The molecule has 0 unspecified atom stereocenters. The van der Waals surface area contributed by atoms with E-state index in [1.165, 1.54) is 11.8 Å². The lowest BCUT2D eigenvalue weighted by molar-refractivity contribution is 0.394. The predicted molar refractivity (Wildman–Crippen MR) is 111 cm³/mol. The molecular formula is C21H23N3O4S. The molecule has 0 atom stereocenters. The number of aromatic nitrogens is 3. The van der Waals surface area contributed by atoms with E-state index in [9.17, 15) is 4.79 Å². The lowest BCUT2D eigenvalue weighted by Crippen LogP contribution is -2.21. The number of rotatable bonds is 6. The van der Waals surface area contributed by atoms with E-state index in [1.54, 1.807) is 20.3 Å². The molecule has 0 bridgehead atoms. The van der Waals surface area contributed by atoms with Crippen LogP contribution >= 0.6 is 11.8 Å². The summed E-state index contributed by atoms with van der Waals surface area (Å²) in [4.78, 5) is 24.5. The highest BCUT2D eigenvalue weighted by Gasteiger charge is 2.18. The number of hydrogen-bond donors (Lipinski definition) is 1. The molecule has 0 radical (unpaired) electrons. The maximum Gasteiger partial charge on any atom is 0.254 e. The average Bonchev–Trinajstić information content (AvgIpc) is 3.12. The van der Waals surface area contributed by atoms with Crippen LogP contribution in [0.25, 0.3) is 11.5 Å². The first-order valence-electron chi connectivity index (χ1n) is 9.52. The molecule has 0 spiro atoms. The Labute approximate surface area is 172 Å². The Bertz CT molecular complexity index is 1090. The highest BCUT2D eigenvalue weighted by Crippen LogP contribution is 2.34. The van der Waals surface area contributed by atoms with Gasteiger partial charge in [-0.1, -0.05) is 11.8 Å². The lowest BCUT2D eigenvalue weighted by Gasteiger charge is -2.14. The van der Waals surface area contributed by atoms with Gasteiger partial charge >= 0.3 is 0 Å². The Balaban J connectivity index is 1.55. The number of aryl methyl sites for hydroxylation is 2. The van der Waals surface area contributed by atoms with Crippen LogP contribution in [-0.2, 0) is 18.6 Å². The fourth-order valence-corrected chi connectivity index (χ4v) is 4.32. The highest BCUT2D eigenvalue weighted by atomic mass is 32.2. The Morgan fingerprint density at radius 3 is 2.79 bits per heavy atom. The second kappa shape index (κ2) is 8.32. The van der Waals surface area contributed by atoms with E-state index in [2.05, 4.69) is 15.0 Å². The quantitative estimate of drug-likeness (QED) is 0.484. The first-order valence-corrected chi connectivity index (χ1v) is 10.5. The van der Waals surface area contributed by atoms with Crippen molar-refractivity contribution in [2.75, 3.05) is 14.2 Å². The number of H-pyrrole nitrogens is 1. The molecule has 1 aliphatic carbocycles. The van der Waals surface area contributed by atoms with E-state index in [1.807, 2.05) is 19.1 Å². The molecule has 0 aliphatic heterocycles. The van der Waals surface area contributed by atoms with Crippen molar-refractivity contribution in [3.63, 3.8) is 0 Å². The first kappa shape index (κ1) is 19.6. The van der Waals surface area contributed by atoms with Gasteiger partial charge in [0.05, 0.1) is 31.2 Å². The summed E-state index contributed by atoms with van der Waals surface area (Å²) in [5.41, 5.74) is 3.32. The van der Waals surface area contributed by atoms with Gasteiger partial charge in [0.25, 0.3) is 5.56 Å². The molecule has 1 N–H and O–H groups in total. The zero-order valence-corrected chi connectivity index (χ0v) is 17.5. The third-order valence-corrected chi connectivity index (χ3v) is 5.93. The van der Waals surface area contributed by atoms with Crippen molar-refractivity contribution in [1.82, 2.24) is 15.0 Å². The van der Waals surface area contributed by atoms with Crippen LogP contribution in [0, 0.1) is 6.92 Å². The van der Waals surface area contributed by atoms with Crippen LogP contribution in [-0.4, -0.2) is 29.2 Å². The third kappa shape index (κ3) is 4.03. The van der Waals surface area contributed by atoms with E-state index in [0.717, 1.165) is 54.0 Å². The number of nitrogens with one attached hydrogen (secondary N) is 1. The van der Waals surface area contributed by atoms with Gasteiger partial charge in [0.15, 0.2) is 5.16 Å². The number of benzene rings is 1. The molecule has 3 aromatic rings. The molecule has 1 aliphatic rings. The Kier molecular flexibility index (Phi) is 5.62. The molecule has 0 saturated carbocycles.